The van der Waals surface area contributed by atoms with Gasteiger partial charge in [-0.15, -0.1) is 0 Å². The highest BCUT2D eigenvalue weighted by Crippen LogP contribution is 1.94. The molecule has 0 unspecified atom stereocenters. The van der Waals surface area contributed by atoms with Gasteiger partial charge in [-0.3, -0.25) is 4.79 Å². The van der Waals surface area contributed by atoms with Gasteiger partial charge in [-0.25, -0.2) is 4.98 Å². The second-order valence-electron chi connectivity index (χ2n) is 2.00. The molecule has 0 amide bonds. The number of alkyl halides is 1. The first-order chi connectivity index (χ1) is 5.86. The highest BCUT2D eigenvalue weighted by atomic mass is 79.9. The standard InChI is InChI=1S/C9H6BrNO/c10-6-2-5-8-3-1-4-9(7-12)11-8/h1,3-4,7H,6H2. The smallest absolute Gasteiger partial charge is 0.168 e. The number of hydrogen-bond acceptors (Lipinski definition) is 2. The highest BCUT2D eigenvalue weighted by molar-refractivity contribution is 9.09. The Hall–Kier alpha value is -1.14. The first-order valence-corrected chi connectivity index (χ1v) is 4.46. The maximum absolute atomic E-state index is 10.3. The number of aldehydes is 1. The van der Waals surface area contributed by atoms with Gasteiger partial charge in [-0.05, 0) is 18.1 Å². The van der Waals surface area contributed by atoms with Crippen LogP contribution in [0, 0.1) is 11.8 Å². The summed E-state index contributed by atoms with van der Waals surface area (Å²) in [6, 6.07) is 5.17. The molecule has 0 aliphatic rings. The average Bonchev–Trinajstić information content (AvgIpc) is 2.15. The molecule has 0 saturated carbocycles. The van der Waals surface area contributed by atoms with E-state index in [1.807, 2.05) is 0 Å². The molecule has 0 bridgehead atoms. The maximum Gasteiger partial charge on any atom is 0.168 e. The zero-order valence-electron chi connectivity index (χ0n) is 6.25. The summed E-state index contributed by atoms with van der Waals surface area (Å²) in [5, 5.41) is 0.611. The first-order valence-electron chi connectivity index (χ1n) is 3.34. The quantitative estimate of drug-likeness (QED) is 0.412. The molecular weight excluding hydrogens is 218 g/mol. The SMILES string of the molecule is O=Cc1cccc(C#CCBr)n1. The van der Waals surface area contributed by atoms with E-state index in [-0.39, 0.29) is 0 Å². The number of halogens is 1. The summed E-state index contributed by atoms with van der Waals surface area (Å²) < 4.78 is 0. The third-order valence-corrected chi connectivity index (χ3v) is 1.46. The summed E-state index contributed by atoms with van der Waals surface area (Å²) in [4.78, 5) is 14.3. The number of hydrogen-bond donors (Lipinski definition) is 0. The van der Waals surface area contributed by atoms with Crippen molar-refractivity contribution in [2.24, 2.45) is 0 Å². The zero-order valence-corrected chi connectivity index (χ0v) is 7.84. The van der Waals surface area contributed by atoms with Gasteiger partial charge in [0, 0.05) is 0 Å². The van der Waals surface area contributed by atoms with E-state index in [2.05, 4.69) is 32.8 Å². The van der Waals surface area contributed by atoms with Crippen molar-refractivity contribution in [1.82, 2.24) is 4.98 Å². The zero-order chi connectivity index (χ0) is 8.81. The summed E-state index contributed by atoms with van der Waals surface area (Å²) in [5.74, 6) is 5.61. The fourth-order valence-electron chi connectivity index (χ4n) is 0.711. The van der Waals surface area contributed by atoms with Gasteiger partial charge in [0.2, 0.25) is 0 Å². The van der Waals surface area contributed by atoms with Gasteiger partial charge < -0.3 is 0 Å². The van der Waals surface area contributed by atoms with Crippen LogP contribution in [0.15, 0.2) is 18.2 Å². The van der Waals surface area contributed by atoms with Gasteiger partial charge in [-0.1, -0.05) is 27.9 Å². The van der Waals surface area contributed by atoms with E-state index in [0.717, 1.165) is 0 Å². The predicted octanol–water partition coefficient (Wildman–Crippen LogP) is 1.64. The fourth-order valence-corrected chi connectivity index (χ4v) is 0.851. The van der Waals surface area contributed by atoms with Gasteiger partial charge in [0.15, 0.2) is 6.29 Å². The van der Waals surface area contributed by atoms with Crippen LogP contribution in [0.5, 0.6) is 0 Å². The maximum atomic E-state index is 10.3. The summed E-state index contributed by atoms with van der Waals surface area (Å²) >= 11 is 3.17. The lowest BCUT2D eigenvalue weighted by Gasteiger charge is -1.89. The van der Waals surface area contributed by atoms with Crippen molar-refractivity contribution in [3.05, 3.63) is 29.6 Å². The Labute approximate surface area is 79.1 Å². The molecule has 0 aromatic carbocycles. The molecule has 12 heavy (non-hydrogen) atoms. The molecule has 1 rings (SSSR count). The van der Waals surface area contributed by atoms with E-state index in [0.29, 0.717) is 23.0 Å². The van der Waals surface area contributed by atoms with E-state index in [9.17, 15) is 4.79 Å². The van der Waals surface area contributed by atoms with Crippen LogP contribution in [-0.2, 0) is 0 Å². The fraction of sp³-hybridized carbons (Fsp3) is 0.111. The minimum absolute atomic E-state index is 0.413. The summed E-state index contributed by atoms with van der Waals surface area (Å²) in [5.41, 5.74) is 1.04. The second-order valence-corrected chi connectivity index (χ2v) is 2.56. The average molecular weight is 224 g/mol. The number of aromatic nitrogens is 1. The molecule has 2 nitrogen and oxygen atoms in total. The molecule has 1 heterocycles. The van der Waals surface area contributed by atoms with Gasteiger partial charge >= 0.3 is 0 Å². The lowest BCUT2D eigenvalue weighted by atomic mass is 10.3. The third kappa shape index (κ3) is 2.48. The first kappa shape index (κ1) is 8.95. The van der Waals surface area contributed by atoms with Crippen LogP contribution < -0.4 is 0 Å². The Morgan fingerprint density at radius 1 is 1.58 bits per heavy atom. The molecular formula is C9H6BrNO. The number of carbonyl (C=O) groups excluding carboxylic acids is 1. The predicted molar refractivity (Wildman–Crippen MR) is 50.3 cm³/mol. The van der Waals surface area contributed by atoms with Gasteiger partial charge in [0.25, 0.3) is 0 Å². The van der Waals surface area contributed by atoms with Crippen molar-refractivity contribution in [3.63, 3.8) is 0 Å². The molecule has 0 atom stereocenters. The van der Waals surface area contributed by atoms with Crippen molar-refractivity contribution < 1.29 is 4.79 Å². The second kappa shape index (κ2) is 4.68. The summed E-state index contributed by atoms with van der Waals surface area (Å²) in [6.07, 6.45) is 0.708. The number of nitrogens with zero attached hydrogens (tertiary/aromatic N) is 1. The van der Waals surface area contributed by atoms with Crippen molar-refractivity contribution in [2.75, 3.05) is 5.33 Å². The minimum atomic E-state index is 0.413. The minimum Gasteiger partial charge on any atom is -0.296 e. The topological polar surface area (TPSA) is 30.0 Å². The number of rotatable bonds is 1. The Balaban J connectivity index is 2.93. The number of carbonyl (C=O) groups is 1. The van der Waals surface area contributed by atoms with Gasteiger partial charge in [0.05, 0.1) is 5.33 Å². The molecule has 60 valence electrons. The molecule has 3 heteroatoms. The number of pyridine rings is 1. The van der Waals surface area contributed by atoms with Crippen molar-refractivity contribution in [2.45, 2.75) is 0 Å². The van der Waals surface area contributed by atoms with Crippen molar-refractivity contribution in [3.8, 4) is 11.8 Å². The Morgan fingerprint density at radius 2 is 2.42 bits per heavy atom. The van der Waals surface area contributed by atoms with Crippen LogP contribution in [-0.4, -0.2) is 16.6 Å². The van der Waals surface area contributed by atoms with Crippen LogP contribution in [0.4, 0.5) is 0 Å². The van der Waals surface area contributed by atoms with E-state index in [1.54, 1.807) is 18.2 Å². The lowest BCUT2D eigenvalue weighted by Crippen LogP contribution is -1.88. The molecule has 1 aromatic heterocycles. The van der Waals surface area contributed by atoms with Crippen LogP contribution in [0.1, 0.15) is 16.2 Å². The molecule has 0 fully saturated rings. The molecule has 0 aliphatic carbocycles. The van der Waals surface area contributed by atoms with Gasteiger partial charge in [-0.2, -0.15) is 0 Å². The normalized spacial score (nSPS) is 8.42. The Morgan fingerprint density at radius 3 is 3.08 bits per heavy atom. The van der Waals surface area contributed by atoms with E-state index in [4.69, 9.17) is 0 Å². The van der Waals surface area contributed by atoms with Crippen molar-refractivity contribution >= 4 is 22.2 Å². The van der Waals surface area contributed by atoms with E-state index >= 15 is 0 Å². The Bertz CT molecular complexity index is 338. The van der Waals surface area contributed by atoms with Crippen LogP contribution >= 0.6 is 15.9 Å². The van der Waals surface area contributed by atoms with Gasteiger partial charge in [0.1, 0.15) is 11.4 Å². The van der Waals surface area contributed by atoms with Crippen LogP contribution in [0.3, 0.4) is 0 Å². The molecule has 0 saturated heterocycles. The molecule has 0 aliphatic heterocycles. The van der Waals surface area contributed by atoms with E-state index < -0.39 is 0 Å². The summed E-state index contributed by atoms with van der Waals surface area (Å²) in [7, 11) is 0. The third-order valence-electron chi connectivity index (χ3n) is 1.17. The lowest BCUT2D eigenvalue weighted by molar-refractivity contribution is 0.111. The monoisotopic (exact) mass is 223 g/mol. The molecule has 0 spiro atoms. The van der Waals surface area contributed by atoms with Crippen molar-refractivity contribution in [1.29, 1.82) is 0 Å². The van der Waals surface area contributed by atoms with Crippen LogP contribution in [0.2, 0.25) is 0 Å². The molecule has 0 N–H and O–H groups in total. The summed E-state index contributed by atoms with van der Waals surface area (Å²) in [6.45, 7) is 0. The molecule has 1 aromatic rings. The highest BCUT2D eigenvalue weighted by Gasteiger charge is 1.91. The van der Waals surface area contributed by atoms with E-state index in [1.165, 1.54) is 0 Å². The largest absolute Gasteiger partial charge is 0.296 e. The molecule has 0 radical (unpaired) electrons. The Kier molecular flexibility index (Phi) is 3.49. The van der Waals surface area contributed by atoms with Crippen LogP contribution in [0.25, 0.3) is 0 Å².